The molecule has 1 aliphatic heterocycles. The molecular formula is C14H22N2O2S2. The smallest absolute Gasteiger partial charge is 0.244 e. The van der Waals surface area contributed by atoms with E-state index in [2.05, 4.69) is 12.2 Å². The second-order valence-corrected chi connectivity index (χ2v) is 8.70. The third-order valence-corrected chi connectivity index (χ3v) is 7.28. The van der Waals surface area contributed by atoms with E-state index in [1.807, 2.05) is 5.38 Å². The quantitative estimate of drug-likeness (QED) is 0.877. The molecule has 0 amide bonds. The minimum Gasteiger partial charge on any atom is -0.309 e. The number of rotatable bonds is 6. The van der Waals surface area contributed by atoms with E-state index >= 15 is 0 Å². The van der Waals surface area contributed by atoms with Crippen LogP contribution in [-0.4, -0.2) is 31.9 Å². The van der Waals surface area contributed by atoms with Gasteiger partial charge in [-0.1, -0.05) is 13.3 Å². The van der Waals surface area contributed by atoms with Gasteiger partial charge in [-0.05, 0) is 36.6 Å². The van der Waals surface area contributed by atoms with Crippen LogP contribution in [0.2, 0.25) is 0 Å². The van der Waals surface area contributed by atoms with Crippen LogP contribution in [0.25, 0.3) is 0 Å². The Hall–Kier alpha value is -0.430. The van der Waals surface area contributed by atoms with Gasteiger partial charge >= 0.3 is 0 Å². The average molecular weight is 314 g/mol. The molecule has 0 aromatic carbocycles. The summed E-state index contributed by atoms with van der Waals surface area (Å²) in [4.78, 5) is 1.48. The lowest BCUT2D eigenvalue weighted by molar-refractivity contribution is 0.452. The molecule has 0 bridgehead atoms. The fourth-order valence-electron chi connectivity index (χ4n) is 2.70. The number of thiophene rings is 1. The second-order valence-electron chi connectivity index (χ2n) is 5.79. The third kappa shape index (κ3) is 2.93. The van der Waals surface area contributed by atoms with Crippen LogP contribution >= 0.6 is 11.3 Å². The van der Waals surface area contributed by atoms with E-state index in [1.54, 1.807) is 21.7 Å². The molecule has 1 saturated carbocycles. The van der Waals surface area contributed by atoms with Crippen LogP contribution < -0.4 is 5.32 Å². The Morgan fingerprint density at radius 1 is 1.40 bits per heavy atom. The highest BCUT2D eigenvalue weighted by molar-refractivity contribution is 7.89. The van der Waals surface area contributed by atoms with Gasteiger partial charge < -0.3 is 5.32 Å². The molecule has 0 radical (unpaired) electrons. The van der Waals surface area contributed by atoms with Gasteiger partial charge in [-0.3, -0.25) is 0 Å². The van der Waals surface area contributed by atoms with Gasteiger partial charge in [0.05, 0.1) is 4.90 Å². The van der Waals surface area contributed by atoms with Crippen LogP contribution in [0.5, 0.6) is 0 Å². The van der Waals surface area contributed by atoms with Crippen LogP contribution in [0.3, 0.4) is 0 Å². The second kappa shape index (κ2) is 5.75. The van der Waals surface area contributed by atoms with Crippen molar-refractivity contribution >= 4 is 21.4 Å². The summed E-state index contributed by atoms with van der Waals surface area (Å²) < 4.78 is 27.2. The van der Waals surface area contributed by atoms with Crippen LogP contribution in [0.1, 0.15) is 37.5 Å². The maximum absolute atomic E-state index is 12.7. The first kappa shape index (κ1) is 14.5. The van der Waals surface area contributed by atoms with Crippen molar-refractivity contribution in [2.75, 3.05) is 13.1 Å². The Labute approximate surface area is 125 Å². The van der Waals surface area contributed by atoms with Crippen molar-refractivity contribution in [3.8, 4) is 0 Å². The lowest BCUT2D eigenvalue weighted by atomic mass is 10.1. The molecule has 1 unspecified atom stereocenters. The SMILES string of the molecule is CCC1CCN(S(=O)(=O)c2ccsc2CNC2CC2)C1. The molecule has 1 aromatic rings. The molecule has 0 spiro atoms. The lowest BCUT2D eigenvalue weighted by Gasteiger charge is -2.17. The maximum atomic E-state index is 12.7. The summed E-state index contributed by atoms with van der Waals surface area (Å²) in [5.74, 6) is 0.524. The molecular weight excluding hydrogens is 292 g/mol. The molecule has 112 valence electrons. The maximum Gasteiger partial charge on any atom is 0.244 e. The summed E-state index contributed by atoms with van der Waals surface area (Å²) in [7, 11) is -3.29. The monoisotopic (exact) mass is 314 g/mol. The molecule has 1 saturated heterocycles. The van der Waals surface area contributed by atoms with Crippen LogP contribution in [-0.2, 0) is 16.6 Å². The Morgan fingerprint density at radius 3 is 2.85 bits per heavy atom. The van der Waals surface area contributed by atoms with E-state index in [1.165, 1.54) is 12.8 Å². The van der Waals surface area contributed by atoms with Crippen molar-refractivity contribution in [3.63, 3.8) is 0 Å². The normalized spacial score (nSPS) is 24.4. The largest absolute Gasteiger partial charge is 0.309 e. The predicted octanol–water partition coefficient (Wildman–Crippen LogP) is 2.42. The van der Waals surface area contributed by atoms with Crippen molar-refractivity contribution in [2.45, 2.75) is 50.1 Å². The highest BCUT2D eigenvalue weighted by Gasteiger charge is 2.33. The summed E-state index contributed by atoms with van der Waals surface area (Å²) in [5.41, 5.74) is 0. The average Bonchev–Trinajstić information content (AvgIpc) is 2.96. The highest BCUT2D eigenvalue weighted by Crippen LogP contribution is 2.30. The predicted molar refractivity (Wildman–Crippen MR) is 81.3 cm³/mol. The van der Waals surface area contributed by atoms with Gasteiger partial charge in [0.25, 0.3) is 0 Å². The van der Waals surface area contributed by atoms with Crippen molar-refractivity contribution in [1.82, 2.24) is 9.62 Å². The van der Waals surface area contributed by atoms with Crippen molar-refractivity contribution in [1.29, 1.82) is 0 Å². The standard InChI is InChI=1S/C14H22N2O2S2/c1-2-11-5-7-16(10-11)20(17,18)14-6-8-19-13(14)9-15-12-3-4-12/h6,8,11-12,15H,2-5,7,9-10H2,1H3. The molecule has 1 N–H and O–H groups in total. The van der Waals surface area contributed by atoms with Crippen LogP contribution in [0, 0.1) is 5.92 Å². The zero-order valence-electron chi connectivity index (χ0n) is 11.8. The molecule has 2 fully saturated rings. The van der Waals surface area contributed by atoms with E-state index in [0.717, 1.165) is 17.7 Å². The highest BCUT2D eigenvalue weighted by atomic mass is 32.2. The number of hydrogen-bond donors (Lipinski definition) is 1. The number of nitrogens with zero attached hydrogens (tertiary/aromatic N) is 1. The van der Waals surface area contributed by atoms with E-state index < -0.39 is 10.0 Å². The topological polar surface area (TPSA) is 49.4 Å². The first-order valence-electron chi connectivity index (χ1n) is 7.41. The molecule has 1 aliphatic carbocycles. The summed E-state index contributed by atoms with van der Waals surface area (Å²) in [6.45, 7) is 4.18. The number of sulfonamides is 1. The minimum absolute atomic E-state index is 0.521. The molecule has 2 aliphatic rings. The molecule has 3 rings (SSSR count). The van der Waals surface area contributed by atoms with Gasteiger partial charge in [0, 0.05) is 30.6 Å². The van der Waals surface area contributed by atoms with E-state index in [9.17, 15) is 8.42 Å². The van der Waals surface area contributed by atoms with Crippen LogP contribution in [0.15, 0.2) is 16.3 Å². The minimum atomic E-state index is -3.29. The van der Waals surface area contributed by atoms with Crippen molar-refractivity contribution in [2.24, 2.45) is 5.92 Å². The Morgan fingerprint density at radius 2 is 2.20 bits per heavy atom. The first-order valence-corrected chi connectivity index (χ1v) is 9.73. The Bertz CT molecular complexity index is 563. The fourth-order valence-corrected chi connectivity index (χ4v) is 5.60. The van der Waals surface area contributed by atoms with Gasteiger partial charge in [-0.25, -0.2) is 8.42 Å². The zero-order valence-corrected chi connectivity index (χ0v) is 13.5. The molecule has 2 heterocycles. The molecule has 4 nitrogen and oxygen atoms in total. The summed E-state index contributed by atoms with van der Waals surface area (Å²) in [5, 5.41) is 5.30. The van der Waals surface area contributed by atoms with E-state index in [4.69, 9.17) is 0 Å². The summed E-state index contributed by atoms with van der Waals surface area (Å²) in [6, 6.07) is 2.37. The third-order valence-electron chi connectivity index (χ3n) is 4.28. The van der Waals surface area contributed by atoms with Gasteiger partial charge in [0.2, 0.25) is 10.0 Å². The molecule has 1 atom stereocenters. The number of nitrogens with one attached hydrogen (secondary N) is 1. The number of hydrogen-bond acceptors (Lipinski definition) is 4. The first-order chi connectivity index (χ1) is 9.61. The van der Waals surface area contributed by atoms with Gasteiger partial charge in [-0.15, -0.1) is 11.3 Å². The Kier molecular flexibility index (Phi) is 4.17. The van der Waals surface area contributed by atoms with E-state index in [-0.39, 0.29) is 0 Å². The fraction of sp³-hybridized carbons (Fsp3) is 0.714. The molecule has 20 heavy (non-hydrogen) atoms. The Balaban J connectivity index is 1.75. The van der Waals surface area contributed by atoms with Crippen molar-refractivity contribution in [3.05, 3.63) is 16.3 Å². The van der Waals surface area contributed by atoms with Gasteiger partial charge in [-0.2, -0.15) is 4.31 Å². The van der Waals surface area contributed by atoms with E-state index in [0.29, 0.717) is 36.5 Å². The summed E-state index contributed by atoms with van der Waals surface area (Å²) in [6.07, 6.45) is 4.50. The van der Waals surface area contributed by atoms with Crippen LogP contribution in [0.4, 0.5) is 0 Å². The summed E-state index contributed by atoms with van der Waals surface area (Å²) >= 11 is 1.54. The van der Waals surface area contributed by atoms with Gasteiger partial charge in [0.15, 0.2) is 0 Å². The lowest BCUT2D eigenvalue weighted by Crippen LogP contribution is -2.29. The molecule has 1 aromatic heterocycles. The molecule has 6 heteroatoms. The van der Waals surface area contributed by atoms with Gasteiger partial charge in [0.1, 0.15) is 0 Å². The zero-order chi connectivity index (χ0) is 14.2. The van der Waals surface area contributed by atoms with Crippen molar-refractivity contribution < 1.29 is 8.42 Å².